The van der Waals surface area contributed by atoms with Gasteiger partial charge in [-0.15, -0.1) is 0 Å². The lowest BCUT2D eigenvalue weighted by molar-refractivity contribution is 0.0378. The van der Waals surface area contributed by atoms with Crippen molar-refractivity contribution in [2.45, 2.75) is 26.5 Å². The molecule has 0 atom stereocenters. The Morgan fingerprint density at radius 2 is 2.25 bits per heavy atom. The fourth-order valence-electron chi connectivity index (χ4n) is 1.74. The molecule has 0 fully saturated rings. The van der Waals surface area contributed by atoms with E-state index in [-0.39, 0.29) is 12.1 Å². The van der Waals surface area contributed by atoms with Gasteiger partial charge in [0, 0.05) is 13.2 Å². The van der Waals surface area contributed by atoms with E-state index in [1.807, 2.05) is 25.8 Å². The maximum Gasteiger partial charge on any atom is 0.342 e. The SMILES string of the molecule is CC(C)OC(=O)c1cccnc1N(C)Cc1ncn[nH]1. The molecule has 0 aliphatic carbocycles. The van der Waals surface area contributed by atoms with Gasteiger partial charge in [-0.3, -0.25) is 5.10 Å². The molecule has 0 aliphatic heterocycles. The second-order valence-corrected chi connectivity index (χ2v) is 4.62. The van der Waals surface area contributed by atoms with Crippen LogP contribution in [0.3, 0.4) is 0 Å². The summed E-state index contributed by atoms with van der Waals surface area (Å²) >= 11 is 0. The quantitative estimate of drug-likeness (QED) is 0.830. The molecule has 2 rings (SSSR count). The third kappa shape index (κ3) is 3.31. The Morgan fingerprint density at radius 1 is 1.45 bits per heavy atom. The number of pyridine rings is 1. The summed E-state index contributed by atoms with van der Waals surface area (Å²) in [6.45, 7) is 4.09. The molecule has 1 N–H and O–H groups in total. The smallest absolute Gasteiger partial charge is 0.342 e. The van der Waals surface area contributed by atoms with Gasteiger partial charge in [0.2, 0.25) is 0 Å². The summed E-state index contributed by atoms with van der Waals surface area (Å²) in [6, 6.07) is 3.41. The average Bonchev–Trinajstić information content (AvgIpc) is 2.90. The first-order valence-electron chi connectivity index (χ1n) is 6.29. The highest BCUT2D eigenvalue weighted by atomic mass is 16.5. The maximum atomic E-state index is 12.1. The number of nitrogens with zero attached hydrogens (tertiary/aromatic N) is 4. The van der Waals surface area contributed by atoms with Crippen LogP contribution < -0.4 is 4.90 Å². The van der Waals surface area contributed by atoms with E-state index in [0.717, 1.165) is 0 Å². The zero-order valence-electron chi connectivity index (χ0n) is 11.7. The van der Waals surface area contributed by atoms with Crippen LogP contribution in [-0.4, -0.2) is 39.3 Å². The third-order valence-electron chi connectivity index (χ3n) is 2.56. The highest BCUT2D eigenvalue weighted by Crippen LogP contribution is 2.18. The molecule has 7 nitrogen and oxygen atoms in total. The number of nitrogens with one attached hydrogen (secondary N) is 1. The van der Waals surface area contributed by atoms with Gasteiger partial charge < -0.3 is 9.64 Å². The zero-order chi connectivity index (χ0) is 14.5. The number of anilines is 1. The topological polar surface area (TPSA) is 84.0 Å². The van der Waals surface area contributed by atoms with E-state index < -0.39 is 0 Å². The first kappa shape index (κ1) is 14.0. The fourth-order valence-corrected chi connectivity index (χ4v) is 1.74. The number of carbonyl (C=O) groups excluding carboxylic acids is 1. The highest BCUT2D eigenvalue weighted by Gasteiger charge is 2.18. The Kier molecular flexibility index (Phi) is 4.29. The van der Waals surface area contributed by atoms with Gasteiger partial charge >= 0.3 is 5.97 Å². The molecule has 0 bridgehead atoms. The van der Waals surface area contributed by atoms with Gasteiger partial charge in [-0.05, 0) is 26.0 Å². The van der Waals surface area contributed by atoms with Gasteiger partial charge in [0.05, 0.1) is 12.6 Å². The summed E-state index contributed by atoms with van der Waals surface area (Å²) in [4.78, 5) is 22.2. The largest absolute Gasteiger partial charge is 0.459 e. The molecule has 0 spiro atoms. The van der Waals surface area contributed by atoms with E-state index in [1.165, 1.54) is 6.33 Å². The van der Waals surface area contributed by atoms with Crippen LogP contribution in [0.5, 0.6) is 0 Å². The summed E-state index contributed by atoms with van der Waals surface area (Å²) in [6.07, 6.45) is 2.91. The summed E-state index contributed by atoms with van der Waals surface area (Å²) in [7, 11) is 1.83. The standard InChI is InChI=1S/C13H17N5O2/c1-9(2)20-13(19)10-5-4-6-14-12(10)18(3)7-11-15-8-16-17-11/h4-6,8-9H,7H2,1-3H3,(H,15,16,17). The summed E-state index contributed by atoms with van der Waals surface area (Å²) < 4.78 is 5.22. The van der Waals surface area contributed by atoms with Gasteiger partial charge in [-0.2, -0.15) is 5.10 Å². The molecule has 20 heavy (non-hydrogen) atoms. The summed E-state index contributed by atoms with van der Waals surface area (Å²) in [5, 5.41) is 6.56. The van der Waals surface area contributed by atoms with Crippen LogP contribution >= 0.6 is 0 Å². The van der Waals surface area contributed by atoms with Crippen LogP contribution in [0.4, 0.5) is 5.82 Å². The Balaban J connectivity index is 2.20. The predicted molar refractivity (Wildman–Crippen MR) is 73.3 cm³/mol. The van der Waals surface area contributed by atoms with Crippen molar-refractivity contribution in [3.05, 3.63) is 36.0 Å². The number of H-pyrrole nitrogens is 1. The van der Waals surface area contributed by atoms with Crippen LogP contribution in [0.25, 0.3) is 0 Å². The minimum absolute atomic E-state index is 0.171. The Bertz CT molecular complexity index is 568. The number of aromatic amines is 1. The second kappa shape index (κ2) is 6.14. The van der Waals surface area contributed by atoms with Gasteiger partial charge in [0.15, 0.2) is 0 Å². The monoisotopic (exact) mass is 275 g/mol. The van der Waals surface area contributed by atoms with E-state index in [2.05, 4.69) is 20.2 Å². The van der Waals surface area contributed by atoms with Crippen molar-refractivity contribution in [3.63, 3.8) is 0 Å². The van der Waals surface area contributed by atoms with Crippen LogP contribution in [0.15, 0.2) is 24.7 Å². The first-order valence-corrected chi connectivity index (χ1v) is 6.29. The molecule has 0 amide bonds. The molecule has 2 heterocycles. The highest BCUT2D eigenvalue weighted by molar-refractivity contribution is 5.94. The van der Waals surface area contributed by atoms with Gasteiger partial charge in [-0.25, -0.2) is 14.8 Å². The van der Waals surface area contributed by atoms with E-state index in [0.29, 0.717) is 23.8 Å². The molecule has 0 aliphatic rings. The number of esters is 1. The van der Waals surface area contributed by atoms with Crippen molar-refractivity contribution < 1.29 is 9.53 Å². The molecule has 0 radical (unpaired) electrons. The van der Waals surface area contributed by atoms with Gasteiger partial charge in [0.1, 0.15) is 23.5 Å². The number of carbonyl (C=O) groups is 1. The summed E-state index contributed by atoms with van der Waals surface area (Å²) in [5.41, 5.74) is 0.434. The van der Waals surface area contributed by atoms with Gasteiger partial charge in [-0.1, -0.05) is 0 Å². The molecule has 0 aromatic carbocycles. The number of rotatable bonds is 5. The van der Waals surface area contributed by atoms with Gasteiger partial charge in [0.25, 0.3) is 0 Å². The minimum atomic E-state index is -0.382. The molecule has 106 valence electrons. The minimum Gasteiger partial charge on any atom is -0.459 e. The first-order chi connectivity index (χ1) is 9.58. The van der Waals surface area contributed by atoms with Crippen molar-refractivity contribution in [2.24, 2.45) is 0 Å². The lowest BCUT2D eigenvalue weighted by Gasteiger charge is -2.19. The molecule has 2 aromatic heterocycles. The Morgan fingerprint density at radius 3 is 2.90 bits per heavy atom. The molecule has 0 saturated carbocycles. The van der Waals surface area contributed by atoms with Crippen LogP contribution in [-0.2, 0) is 11.3 Å². The molecule has 7 heteroatoms. The molecule has 2 aromatic rings. The van der Waals surface area contributed by atoms with E-state index in [1.54, 1.807) is 18.3 Å². The lowest BCUT2D eigenvalue weighted by atomic mass is 10.2. The molecule has 0 unspecified atom stereocenters. The van der Waals surface area contributed by atoms with Crippen molar-refractivity contribution in [2.75, 3.05) is 11.9 Å². The number of aromatic nitrogens is 4. The predicted octanol–water partition coefficient (Wildman–Crippen LogP) is 1.40. The number of ether oxygens (including phenoxy) is 1. The van der Waals surface area contributed by atoms with Crippen LogP contribution in [0.1, 0.15) is 30.0 Å². The van der Waals surface area contributed by atoms with Crippen molar-refractivity contribution >= 4 is 11.8 Å². The van der Waals surface area contributed by atoms with E-state index in [9.17, 15) is 4.79 Å². The lowest BCUT2D eigenvalue weighted by Crippen LogP contribution is -2.23. The van der Waals surface area contributed by atoms with Crippen LogP contribution in [0, 0.1) is 0 Å². The number of hydrogen-bond acceptors (Lipinski definition) is 6. The Hall–Kier alpha value is -2.44. The Labute approximate surface area is 117 Å². The normalized spacial score (nSPS) is 10.6. The zero-order valence-corrected chi connectivity index (χ0v) is 11.7. The number of hydrogen-bond donors (Lipinski definition) is 1. The van der Waals surface area contributed by atoms with Crippen molar-refractivity contribution in [3.8, 4) is 0 Å². The molecular formula is C13H17N5O2. The molecule has 0 saturated heterocycles. The fraction of sp³-hybridized carbons (Fsp3) is 0.385. The summed E-state index contributed by atoms with van der Waals surface area (Å²) in [5.74, 6) is 0.864. The van der Waals surface area contributed by atoms with E-state index >= 15 is 0 Å². The molecular weight excluding hydrogens is 258 g/mol. The maximum absolute atomic E-state index is 12.1. The third-order valence-corrected chi connectivity index (χ3v) is 2.56. The second-order valence-electron chi connectivity index (χ2n) is 4.62. The average molecular weight is 275 g/mol. The van der Waals surface area contributed by atoms with E-state index in [4.69, 9.17) is 4.74 Å². The van der Waals surface area contributed by atoms with Crippen molar-refractivity contribution in [1.29, 1.82) is 0 Å². The van der Waals surface area contributed by atoms with Crippen molar-refractivity contribution in [1.82, 2.24) is 20.2 Å². The van der Waals surface area contributed by atoms with Crippen LogP contribution in [0.2, 0.25) is 0 Å².